The minimum Gasteiger partial charge on any atom is -0.351 e. The summed E-state index contributed by atoms with van der Waals surface area (Å²) in [7, 11) is 0. The van der Waals surface area contributed by atoms with Crippen LogP contribution in [0.1, 0.15) is 42.9 Å². The number of nitrogens with one attached hydrogen (secondary N) is 1. The van der Waals surface area contributed by atoms with Gasteiger partial charge in [0.2, 0.25) is 5.91 Å². The van der Waals surface area contributed by atoms with Crippen LogP contribution in [0.15, 0.2) is 11.1 Å². The van der Waals surface area contributed by atoms with Crippen LogP contribution in [0, 0.1) is 6.92 Å². The van der Waals surface area contributed by atoms with Crippen molar-refractivity contribution in [3.63, 3.8) is 0 Å². The summed E-state index contributed by atoms with van der Waals surface area (Å²) in [5.74, 6) is -0.461. The Morgan fingerprint density at radius 1 is 1.20 bits per heavy atom. The van der Waals surface area contributed by atoms with Crippen LogP contribution in [-0.4, -0.2) is 65.4 Å². The molecule has 0 spiro atoms. The molecule has 2 rings (SSSR count). The Balaban J connectivity index is 2.25. The van der Waals surface area contributed by atoms with E-state index in [1.807, 2.05) is 27.7 Å². The van der Waals surface area contributed by atoms with Gasteiger partial charge >= 0.3 is 0 Å². The minimum atomic E-state index is -0.528. The highest BCUT2D eigenvalue weighted by molar-refractivity contribution is 7.20. The summed E-state index contributed by atoms with van der Waals surface area (Å²) in [6.45, 7) is 11.4. The van der Waals surface area contributed by atoms with Crippen molar-refractivity contribution in [2.45, 2.75) is 47.5 Å². The van der Waals surface area contributed by atoms with E-state index >= 15 is 0 Å². The fraction of sp³-hybridized carbons (Fsp3) is 0.600. The lowest BCUT2D eigenvalue weighted by molar-refractivity contribution is -0.132. The number of amides is 2. The number of fused-ring (bicyclic) bond motifs is 1. The van der Waals surface area contributed by atoms with Gasteiger partial charge in [-0.3, -0.25) is 19.0 Å². The molecule has 0 aromatic carbocycles. The number of hydrogen-bond donors (Lipinski definition) is 1. The van der Waals surface area contributed by atoms with E-state index < -0.39 is 6.29 Å². The quantitative estimate of drug-likeness (QED) is 0.537. The third-order valence-corrected chi connectivity index (χ3v) is 5.88. The normalized spacial score (nSPS) is 11.3. The highest BCUT2D eigenvalue weighted by Crippen LogP contribution is 2.26. The molecule has 0 aliphatic rings. The summed E-state index contributed by atoms with van der Waals surface area (Å²) in [5.41, 5.74) is 0.230. The van der Waals surface area contributed by atoms with E-state index in [-0.39, 0.29) is 30.5 Å². The third-order valence-electron chi connectivity index (χ3n) is 4.68. The second kappa shape index (κ2) is 11.2. The second-order valence-electron chi connectivity index (χ2n) is 6.53. The monoisotopic (exact) mass is 438 g/mol. The van der Waals surface area contributed by atoms with Crippen molar-refractivity contribution < 1.29 is 19.1 Å². The van der Waals surface area contributed by atoms with Crippen molar-refractivity contribution in [1.29, 1.82) is 0 Å². The molecule has 2 aromatic heterocycles. The average molecular weight is 439 g/mol. The molecule has 2 heterocycles. The van der Waals surface area contributed by atoms with E-state index in [4.69, 9.17) is 9.47 Å². The molecule has 2 amide bonds. The fourth-order valence-corrected chi connectivity index (χ4v) is 4.16. The van der Waals surface area contributed by atoms with Crippen molar-refractivity contribution in [2.75, 3.05) is 32.8 Å². The maximum Gasteiger partial charge on any atom is 0.262 e. The van der Waals surface area contributed by atoms with Gasteiger partial charge in [-0.25, -0.2) is 4.98 Å². The maximum absolute atomic E-state index is 12.9. The van der Waals surface area contributed by atoms with Gasteiger partial charge in [-0.1, -0.05) is 0 Å². The van der Waals surface area contributed by atoms with Crippen molar-refractivity contribution in [3.05, 3.63) is 27.1 Å². The molecule has 0 saturated carbocycles. The molecule has 0 radical (unpaired) electrons. The first-order valence-corrected chi connectivity index (χ1v) is 11.0. The molecule has 0 bridgehead atoms. The molecule has 1 N–H and O–H groups in total. The van der Waals surface area contributed by atoms with Gasteiger partial charge in [-0.05, 0) is 40.2 Å². The van der Waals surface area contributed by atoms with Gasteiger partial charge in [0.15, 0.2) is 6.29 Å². The molecule has 0 aliphatic carbocycles. The Hall–Kier alpha value is -2.30. The lowest BCUT2D eigenvalue weighted by Crippen LogP contribution is -2.36. The van der Waals surface area contributed by atoms with E-state index in [2.05, 4.69) is 10.3 Å². The van der Waals surface area contributed by atoms with Crippen LogP contribution < -0.4 is 10.9 Å². The number of carbonyl (C=O) groups excluding carboxylic acids is 2. The summed E-state index contributed by atoms with van der Waals surface area (Å²) in [4.78, 5) is 44.8. The van der Waals surface area contributed by atoms with Gasteiger partial charge in [0.25, 0.3) is 11.5 Å². The molecule has 166 valence electrons. The number of hydrogen-bond acceptors (Lipinski definition) is 7. The number of carbonyl (C=O) groups is 2. The first-order chi connectivity index (χ1) is 14.4. The SMILES string of the molecule is CCOC(CNC(=O)c1sc2ncn(CC(=O)N(CC)CC)c(=O)c2c1C)OCC. The molecular formula is C20H30N4O5S. The van der Waals surface area contributed by atoms with E-state index in [0.29, 0.717) is 47.0 Å². The highest BCUT2D eigenvalue weighted by atomic mass is 32.1. The molecule has 30 heavy (non-hydrogen) atoms. The standard InChI is InChI=1S/C20H30N4O5S/c1-6-23(7-2)14(25)11-24-12-22-19-16(20(24)27)13(5)17(30-19)18(26)21-10-15(28-8-3)29-9-4/h12,15H,6-11H2,1-5H3,(H,21,26). The predicted octanol–water partition coefficient (Wildman–Crippen LogP) is 1.76. The van der Waals surface area contributed by atoms with Gasteiger partial charge in [-0.2, -0.15) is 0 Å². The summed E-state index contributed by atoms with van der Waals surface area (Å²) >= 11 is 1.15. The lowest BCUT2D eigenvalue weighted by Gasteiger charge is -2.18. The molecular weight excluding hydrogens is 408 g/mol. The number of nitrogens with zero attached hydrogens (tertiary/aromatic N) is 3. The van der Waals surface area contributed by atoms with Crippen LogP contribution in [0.5, 0.6) is 0 Å². The van der Waals surface area contributed by atoms with E-state index in [1.54, 1.807) is 11.8 Å². The molecule has 9 nitrogen and oxygen atoms in total. The van der Waals surface area contributed by atoms with Crippen molar-refractivity contribution in [2.24, 2.45) is 0 Å². The number of rotatable bonds is 11. The van der Waals surface area contributed by atoms with Crippen molar-refractivity contribution in [3.8, 4) is 0 Å². The summed E-state index contributed by atoms with van der Waals surface area (Å²) < 4.78 is 12.2. The van der Waals surface area contributed by atoms with Crippen LogP contribution in [0.2, 0.25) is 0 Å². The molecule has 0 fully saturated rings. The highest BCUT2D eigenvalue weighted by Gasteiger charge is 2.21. The molecule has 10 heteroatoms. The molecule has 0 atom stereocenters. The van der Waals surface area contributed by atoms with Crippen LogP contribution in [0.25, 0.3) is 10.2 Å². The third kappa shape index (κ3) is 5.44. The van der Waals surface area contributed by atoms with Crippen LogP contribution in [0.4, 0.5) is 0 Å². The van der Waals surface area contributed by atoms with E-state index in [1.165, 1.54) is 10.9 Å². The molecule has 0 aliphatic heterocycles. The summed E-state index contributed by atoms with van der Waals surface area (Å²) in [6, 6.07) is 0. The maximum atomic E-state index is 12.9. The van der Waals surface area contributed by atoms with Crippen LogP contribution in [-0.2, 0) is 20.8 Å². The van der Waals surface area contributed by atoms with Crippen molar-refractivity contribution >= 4 is 33.4 Å². The minimum absolute atomic E-state index is 0.0787. The van der Waals surface area contributed by atoms with E-state index in [9.17, 15) is 14.4 Å². The Kier molecular flexibility index (Phi) is 8.94. The Bertz CT molecular complexity index is 929. The number of aryl methyl sites for hydroxylation is 1. The van der Waals surface area contributed by atoms with Gasteiger partial charge in [0.1, 0.15) is 11.4 Å². The number of aromatic nitrogens is 2. The zero-order valence-corrected chi connectivity index (χ0v) is 19.0. The van der Waals surface area contributed by atoms with Gasteiger partial charge in [0, 0.05) is 26.3 Å². The number of thiophene rings is 1. The van der Waals surface area contributed by atoms with E-state index in [0.717, 1.165) is 11.3 Å². The fourth-order valence-electron chi connectivity index (χ4n) is 3.10. The van der Waals surface area contributed by atoms with Gasteiger partial charge < -0.3 is 19.7 Å². The van der Waals surface area contributed by atoms with Gasteiger partial charge in [-0.15, -0.1) is 11.3 Å². The number of ether oxygens (including phenoxy) is 2. The summed E-state index contributed by atoms with van der Waals surface area (Å²) in [5, 5.41) is 3.16. The molecule has 0 saturated heterocycles. The number of likely N-dealkylation sites (N-methyl/N-ethyl adjacent to an activating group) is 1. The topological polar surface area (TPSA) is 103 Å². The van der Waals surface area contributed by atoms with Crippen LogP contribution >= 0.6 is 11.3 Å². The smallest absolute Gasteiger partial charge is 0.262 e. The lowest BCUT2D eigenvalue weighted by atomic mass is 10.2. The van der Waals surface area contributed by atoms with Crippen molar-refractivity contribution in [1.82, 2.24) is 19.8 Å². The zero-order valence-electron chi connectivity index (χ0n) is 18.2. The Morgan fingerprint density at radius 2 is 1.83 bits per heavy atom. The molecule has 0 unspecified atom stereocenters. The Labute approximate surface area is 180 Å². The van der Waals surface area contributed by atoms with Crippen LogP contribution in [0.3, 0.4) is 0 Å². The first-order valence-electron chi connectivity index (χ1n) is 10.1. The van der Waals surface area contributed by atoms with Gasteiger partial charge in [0.05, 0.1) is 23.1 Å². The summed E-state index contributed by atoms with van der Waals surface area (Å²) in [6.07, 6.45) is 0.837. The average Bonchev–Trinajstić information content (AvgIpc) is 3.06. The predicted molar refractivity (Wildman–Crippen MR) is 116 cm³/mol. The second-order valence-corrected chi connectivity index (χ2v) is 7.53. The largest absolute Gasteiger partial charge is 0.351 e. The first kappa shape index (κ1) is 24.0. The molecule has 2 aromatic rings. The Morgan fingerprint density at radius 3 is 2.40 bits per heavy atom. The zero-order chi connectivity index (χ0) is 22.3.